The number of benzene rings is 1. The van der Waals surface area contributed by atoms with Crippen molar-refractivity contribution >= 4 is 40.0 Å². The molecular formula is C22H22N2O5S. The number of rotatable bonds is 6. The Bertz CT molecular complexity index is 1020. The van der Waals surface area contributed by atoms with Gasteiger partial charge in [-0.05, 0) is 50.3 Å². The van der Waals surface area contributed by atoms with Gasteiger partial charge >= 0.3 is 5.97 Å². The van der Waals surface area contributed by atoms with Crippen molar-refractivity contribution in [2.24, 2.45) is 0 Å². The van der Waals surface area contributed by atoms with E-state index in [-0.39, 0.29) is 13.0 Å². The van der Waals surface area contributed by atoms with Crippen LogP contribution in [0.2, 0.25) is 0 Å². The average Bonchev–Trinajstić information content (AvgIpc) is 3.37. The molecule has 0 spiro atoms. The molecule has 0 fully saturated rings. The number of hydrogen-bond donors (Lipinski definition) is 1. The number of amides is 3. The van der Waals surface area contributed by atoms with E-state index in [1.54, 1.807) is 38.1 Å². The van der Waals surface area contributed by atoms with Crippen molar-refractivity contribution in [2.45, 2.75) is 45.6 Å². The number of fused-ring (bicyclic) bond motifs is 2. The number of nitrogens with zero attached hydrogens (tertiary/aromatic N) is 1. The molecule has 8 heteroatoms. The predicted octanol–water partition coefficient (Wildman–Crippen LogP) is 3.43. The number of thiophene rings is 1. The number of ether oxygens (including phenoxy) is 1. The van der Waals surface area contributed by atoms with E-state index in [2.05, 4.69) is 5.32 Å². The van der Waals surface area contributed by atoms with Crippen molar-refractivity contribution in [2.75, 3.05) is 11.9 Å². The number of imide groups is 1. The summed E-state index contributed by atoms with van der Waals surface area (Å²) < 4.78 is 5.19. The first-order valence-electron chi connectivity index (χ1n) is 10.1. The van der Waals surface area contributed by atoms with Crippen LogP contribution in [0.5, 0.6) is 0 Å². The van der Waals surface area contributed by atoms with Crippen molar-refractivity contribution in [3.8, 4) is 0 Å². The highest BCUT2D eigenvalue weighted by molar-refractivity contribution is 7.17. The summed E-state index contributed by atoms with van der Waals surface area (Å²) in [5, 5.41) is 3.24. The third-order valence-electron chi connectivity index (χ3n) is 5.46. The molecule has 0 radical (unpaired) electrons. The molecule has 0 bridgehead atoms. The molecule has 30 heavy (non-hydrogen) atoms. The molecule has 0 saturated heterocycles. The Kier molecular flexibility index (Phi) is 5.42. The zero-order valence-electron chi connectivity index (χ0n) is 16.8. The van der Waals surface area contributed by atoms with Gasteiger partial charge in [-0.3, -0.25) is 19.3 Å². The molecule has 1 N–H and O–H groups in total. The van der Waals surface area contributed by atoms with E-state index in [1.807, 2.05) is 0 Å². The van der Waals surface area contributed by atoms with Crippen LogP contribution in [0.4, 0.5) is 5.00 Å². The Morgan fingerprint density at radius 2 is 1.80 bits per heavy atom. The Labute approximate surface area is 178 Å². The van der Waals surface area contributed by atoms with Gasteiger partial charge in [0.1, 0.15) is 11.0 Å². The van der Waals surface area contributed by atoms with Crippen molar-refractivity contribution in [3.63, 3.8) is 0 Å². The van der Waals surface area contributed by atoms with Gasteiger partial charge in [0.15, 0.2) is 0 Å². The fourth-order valence-corrected chi connectivity index (χ4v) is 5.36. The molecular weight excluding hydrogens is 404 g/mol. The fraction of sp³-hybridized carbons (Fsp3) is 0.364. The summed E-state index contributed by atoms with van der Waals surface area (Å²) in [4.78, 5) is 53.3. The second-order valence-corrected chi connectivity index (χ2v) is 8.33. The lowest BCUT2D eigenvalue weighted by atomic mass is 10.1. The van der Waals surface area contributed by atoms with Gasteiger partial charge in [-0.1, -0.05) is 19.1 Å². The summed E-state index contributed by atoms with van der Waals surface area (Å²) in [5.41, 5.74) is 1.94. The summed E-state index contributed by atoms with van der Waals surface area (Å²) >= 11 is 1.37. The van der Waals surface area contributed by atoms with Crippen LogP contribution in [0.1, 0.15) is 68.2 Å². The predicted molar refractivity (Wildman–Crippen MR) is 112 cm³/mol. The van der Waals surface area contributed by atoms with Crippen LogP contribution >= 0.6 is 11.3 Å². The van der Waals surface area contributed by atoms with E-state index in [9.17, 15) is 19.2 Å². The molecule has 4 rings (SSSR count). The number of carbonyl (C=O) groups excluding carboxylic acids is 4. The maximum atomic E-state index is 13.1. The third kappa shape index (κ3) is 3.21. The molecule has 1 aliphatic heterocycles. The molecule has 1 atom stereocenters. The molecule has 156 valence electrons. The molecule has 2 aromatic rings. The van der Waals surface area contributed by atoms with E-state index in [0.29, 0.717) is 21.7 Å². The number of hydrogen-bond acceptors (Lipinski definition) is 6. The molecule has 1 aromatic heterocycles. The highest BCUT2D eigenvalue weighted by Crippen LogP contribution is 2.40. The molecule has 1 aromatic carbocycles. The SMILES string of the molecule is CCOC(=O)c1c(NC(=O)C(CC)N2C(=O)c3ccccc3C2=O)sc2c1CCC2. The topological polar surface area (TPSA) is 92.8 Å². The molecule has 2 aliphatic rings. The number of anilines is 1. The minimum Gasteiger partial charge on any atom is -0.462 e. The lowest BCUT2D eigenvalue weighted by Crippen LogP contribution is -2.46. The smallest absolute Gasteiger partial charge is 0.341 e. The van der Waals surface area contributed by atoms with E-state index in [0.717, 1.165) is 34.6 Å². The molecule has 1 aliphatic carbocycles. The van der Waals surface area contributed by atoms with Crippen molar-refractivity contribution < 1.29 is 23.9 Å². The second-order valence-electron chi connectivity index (χ2n) is 7.22. The van der Waals surface area contributed by atoms with Gasteiger partial charge in [-0.2, -0.15) is 0 Å². The first kappa shape index (κ1) is 20.3. The van der Waals surface area contributed by atoms with Crippen LogP contribution in [-0.4, -0.2) is 41.2 Å². The standard InChI is InChI=1S/C22H22N2O5S/c1-3-15(24-20(26)12-8-5-6-9-13(12)21(24)27)18(25)23-19-17(22(28)29-4-2)14-10-7-11-16(14)30-19/h5-6,8-9,15H,3-4,7,10-11H2,1-2H3,(H,23,25). The Morgan fingerprint density at radius 1 is 1.13 bits per heavy atom. The molecule has 2 heterocycles. The summed E-state index contributed by atoms with van der Waals surface area (Å²) in [5.74, 6) is -1.90. The third-order valence-corrected chi connectivity index (χ3v) is 6.67. The van der Waals surface area contributed by atoms with Crippen molar-refractivity contribution in [1.82, 2.24) is 4.90 Å². The van der Waals surface area contributed by atoms with E-state index >= 15 is 0 Å². The first-order valence-corrected chi connectivity index (χ1v) is 10.9. The Balaban J connectivity index is 1.62. The van der Waals surface area contributed by atoms with Gasteiger partial charge in [0.2, 0.25) is 5.91 Å². The van der Waals surface area contributed by atoms with Gasteiger partial charge in [-0.15, -0.1) is 11.3 Å². The van der Waals surface area contributed by atoms with Crippen LogP contribution in [0.3, 0.4) is 0 Å². The van der Waals surface area contributed by atoms with Crippen LogP contribution < -0.4 is 5.32 Å². The lowest BCUT2D eigenvalue weighted by molar-refractivity contribution is -0.120. The highest BCUT2D eigenvalue weighted by Gasteiger charge is 2.42. The fourth-order valence-electron chi connectivity index (χ4n) is 4.08. The van der Waals surface area contributed by atoms with Crippen LogP contribution in [0, 0.1) is 0 Å². The second kappa shape index (κ2) is 8.02. The maximum Gasteiger partial charge on any atom is 0.341 e. The summed E-state index contributed by atoms with van der Waals surface area (Å²) in [6.07, 6.45) is 2.86. The summed E-state index contributed by atoms with van der Waals surface area (Å²) in [6, 6.07) is 5.58. The van der Waals surface area contributed by atoms with Gasteiger partial charge in [0.05, 0.1) is 23.3 Å². The van der Waals surface area contributed by atoms with E-state index < -0.39 is 29.7 Å². The number of nitrogens with one attached hydrogen (secondary N) is 1. The average molecular weight is 426 g/mol. The summed E-state index contributed by atoms with van der Waals surface area (Å²) in [7, 11) is 0. The van der Waals surface area contributed by atoms with Crippen molar-refractivity contribution in [1.29, 1.82) is 0 Å². The molecule has 7 nitrogen and oxygen atoms in total. The van der Waals surface area contributed by atoms with Gasteiger partial charge in [-0.25, -0.2) is 4.79 Å². The minimum absolute atomic E-state index is 0.240. The molecule has 0 saturated carbocycles. The normalized spacial score (nSPS) is 15.7. The van der Waals surface area contributed by atoms with Crippen molar-refractivity contribution in [3.05, 3.63) is 51.4 Å². The minimum atomic E-state index is -0.968. The lowest BCUT2D eigenvalue weighted by Gasteiger charge is -2.24. The van der Waals surface area contributed by atoms with Crippen LogP contribution in [0.15, 0.2) is 24.3 Å². The largest absolute Gasteiger partial charge is 0.462 e. The molecule has 3 amide bonds. The number of esters is 1. The van der Waals surface area contributed by atoms with Crippen LogP contribution in [0.25, 0.3) is 0 Å². The van der Waals surface area contributed by atoms with E-state index in [1.165, 1.54) is 11.3 Å². The Morgan fingerprint density at radius 3 is 2.40 bits per heavy atom. The maximum absolute atomic E-state index is 13.1. The summed E-state index contributed by atoms with van der Waals surface area (Å²) in [6.45, 7) is 3.72. The Hall–Kier alpha value is -3.00. The highest BCUT2D eigenvalue weighted by atomic mass is 32.1. The quantitative estimate of drug-likeness (QED) is 0.564. The van der Waals surface area contributed by atoms with Crippen LogP contribution in [-0.2, 0) is 22.4 Å². The number of aryl methyl sites for hydroxylation is 1. The first-order chi connectivity index (χ1) is 14.5. The van der Waals surface area contributed by atoms with E-state index in [4.69, 9.17) is 4.74 Å². The van der Waals surface area contributed by atoms with Gasteiger partial charge < -0.3 is 10.1 Å². The molecule has 1 unspecified atom stereocenters. The number of carbonyl (C=O) groups is 4. The monoisotopic (exact) mass is 426 g/mol. The van der Waals surface area contributed by atoms with Gasteiger partial charge in [0, 0.05) is 4.88 Å². The zero-order valence-corrected chi connectivity index (χ0v) is 17.6. The van der Waals surface area contributed by atoms with Gasteiger partial charge in [0.25, 0.3) is 11.8 Å². The zero-order chi connectivity index (χ0) is 21.4.